The van der Waals surface area contributed by atoms with E-state index in [1.54, 1.807) is 6.08 Å². The van der Waals surface area contributed by atoms with Gasteiger partial charge in [-0.3, -0.25) is 0 Å². The van der Waals surface area contributed by atoms with Gasteiger partial charge in [-0.2, -0.15) is 4.79 Å². The number of allylic oxidation sites excluding steroid dienone is 1. The van der Waals surface area contributed by atoms with Crippen LogP contribution < -0.4 is 0 Å². The molecule has 0 bridgehead atoms. The van der Waals surface area contributed by atoms with Gasteiger partial charge < -0.3 is 15.0 Å². The van der Waals surface area contributed by atoms with Gasteiger partial charge in [0.15, 0.2) is 6.10 Å². The standard InChI is InChI=1S/C10H14N2O2/c1-3-13-8-5-6-10(14-4-2)9(7-8)12-11/h5-7,10H,3-4H2,1-2H3. The van der Waals surface area contributed by atoms with E-state index in [9.17, 15) is 0 Å². The summed E-state index contributed by atoms with van der Waals surface area (Å²) in [6.45, 7) is 4.96. The summed E-state index contributed by atoms with van der Waals surface area (Å²) >= 11 is 0. The SMILES string of the molecule is CCOC1=CC(=[N+]=[N-])C(OCC)C=C1. The van der Waals surface area contributed by atoms with Gasteiger partial charge in [-0.05, 0) is 26.0 Å². The highest BCUT2D eigenvalue weighted by molar-refractivity contribution is 5.97. The van der Waals surface area contributed by atoms with E-state index in [1.807, 2.05) is 26.0 Å². The number of rotatable bonds is 4. The third kappa shape index (κ3) is 2.55. The largest absolute Gasteiger partial charge is 0.494 e. The molecule has 4 heteroatoms. The lowest BCUT2D eigenvalue weighted by Gasteiger charge is -2.12. The lowest BCUT2D eigenvalue weighted by Crippen LogP contribution is -2.24. The second kappa shape index (κ2) is 5.37. The molecule has 1 rings (SSSR count). The summed E-state index contributed by atoms with van der Waals surface area (Å²) in [6.07, 6.45) is 5.03. The molecule has 0 fully saturated rings. The van der Waals surface area contributed by atoms with Crippen molar-refractivity contribution in [1.29, 1.82) is 0 Å². The zero-order chi connectivity index (χ0) is 10.4. The van der Waals surface area contributed by atoms with Crippen LogP contribution in [0.4, 0.5) is 0 Å². The third-order valence-corrected chi connectivity index (χ3v) is 1.79. The fourth-order valence-corrected chi connectivity index (χ4v) is 1.22. The smallest absolute Gasteiger partial charge is 0.328 e. The van der Waals surface area contributed by atoms with Crippen LogP contribution >= 0.6 is 0 Å². The highest BCUT2D eigenvalue weighted by atomic mass is 16.5. The second-order valence-corrected chi connectivity index (χ2v) is 2.74. The minimum atomic E-state index is -0.269. The van der Waals surface area contributed by atoms with E-state index < -0.39 is 0 Å². The quantitative estimate of drug-likeness (QED) is 0.503. The first-order chi connectivity index (χ1) is 6.81. The van der Waals surface area contributed by atoms with Gasteiger partial charge in [0.05, 0.1) is 12.7 Å². The molecule has 0 aromatic heterocycles. The maximum Gasteiger partial charge on any atom is 0.328 e. The topological polar surface area (TPSA) is 54.9 Å². The van der Waals surface area contributed by atoms with Crippen molar-refractivity contribution in [2.45, 2.75) is 20.0 Å². The van der Waals surface area contributed by atoms with Crippen molar-refractivity contribution in [3.05, 3.63) is 29.5 Å². The summed E-state index contributed by atoms with van der Waals surface area (Å²) in [4.78, 5) is 3.16. The average molecular weight is 194 g/mol. The van der Waals surface area contributed by atoms with Gasteiger partial charge in [-0.1, -0.05) is 0 Å². The summed E-state index contributed by atoms with van der Waals surface area (Å²) in [7, 11) is 0. The molecule has 0 saturated heterocycles. The number of nitrogens with zero attached hydrogens (tertiary/aromatic N) is 2. The normalized spacial score (nSPS) is 20.3. The van der Waals surface area contributed by atoms with Gasteiger partial charge in [-0.15, -0.1) is 0 Å². The molecular weight excluding hydrogens is 180 g/mol. The minimum Gasteiger partial charge on any atom is -0.494 e. The van der Waals surface area contributed by atoms with Crippen LogP contribution in [0.5, 0.6) is 0 Å². The molecule has 0 saturated carbocycles. The van der Waals surface area contributed by atoms with Crippen LogP contribution in [0.25, 0.3) is 5.53 Å². The first-order valence-corrected chi connectivity index (χ1v) is 4.68. The molecule has 14 heavy (non-hydrogen) atoms. The fraction of sp³-hybridized carbons (Fsp3) is 0.500. The average Bonchev–Trinajstić information content (AvgIpc) is 2.21. The zero-order valence-electron chi connectivity index (χ0n) is 8.43. The number of ether oxygens (including phenoxy) is 2. The van der Waals surface area contributed by atoms with Gasteiger partial charge in [0.25, 0.3) is 0 Å². The van der Waals surface area contributed by atoms with E-state index in [1.165, 1.54) is 0 Å². The van der Waals surface area contributed by atoms with E-state index >= 15 is 0 Å². The first-order valence-electron chi connectivity index (χ1n) is 4.68. The molecule has 4 nitrogen and oxygen atoms in total. The molecule has 1 unspecified atom stereocenters. The van der Waals surface area contributed by atoms with Crippen LogP contribution in [0.2, 0.25) is 0 Å². The predicted octanol–water partition coefficient (Wildman–Crippen LogP) is 1.55. The molecule has 1 aliphatic rings. The fourth-order valence-electron chi connectivity index (χ4n) is 1.22. The highest BCUT2D eigenvalue weighted by Gasteiger charge is 2.23. The number of hydrogen-bond donors (Lipinski definition) is 0. The van der Waals surface area contributed by atoms with E-state index in [2.05, 4.69) is 4.79 Å². The molecular formula is C10H14N2O2. The lowest BCUT2D eigenvalue weighted by atomic mass is 10.1. The van der Waals surface area contributed by atoms with Gasteiger partial charge in [-0.25, -0.2) is 0 Å². The van der Waals surface area contributed by atoms with Crippen molar-refractivity contribution in [3.63, 3.8) is 0 Å². The van der Waals surface area contributed by atoms with Crippen LogP contribution in [0, 0.1) is 0 Å². The Balaban J connectivity index is 2.75. The van der Waals surface area contributed by atoms with E-state index in [0.717, 1.165) is 0 Å². The highest BCUT2D eigenvalue weighted by Crippen LogP contribution is 2.11. The first kappa shape index (κ1) is 10.7. The van der Waals surface area contributed by atoms with Crippen LogP contribution in [0.3, 0.4) is 0 Å². The summed E-state index contributed by atoms with van der Waals surface area (Å²) in [5.74, 6) is 0.691. The Morgan fingerprint density at radius 2 is 2.21 bits per heavy atom. The molecule has 0 radical (unpaired) electrons. The Morgan fingerprint density at radius 3 is 2.79 bits per heavy atom. The molecule has 0 aliphatic heterocycles. The van der Waals surface area contributed by atoms with Crippen LogP contribution in [0.1, 0.15) is 13.8 Å². The van der Waals surface area contributed by atoms with Crippen molar-refractivity contribution in [2.75, 3.05) is 13.2 Å². The van der Waals surface area contributed by atoms with E-state index in [4.69, 9.17) is 15.0 Å². The Kier molecular flexibility index (Phi) is 4.11. The molecule has 1 aliphatic carbocycles. The molecule has 76 valence electrons. The van der Waals surface area contributed by atoms with Gasteiger partial charge in [0.2, 0.25) is 0 Å². The Bertz CT molecular complexity index is 301. The van der Waals surface area contributed by atoms with Crippen molar-refractivity contribution in [2.24, 2.45) is 0 Å². The zero-order valence-corrected chi connectivity index (χ0v) is 8.43. The van der Waals surface area contributed by atoms with Gasteiger partial charge in [0.1, 0.15) is 5.76 Å². The van der Waals surface area contributed by atoms with Crippen molar-refractivity contribution >= 4 is 5.71 Å². The maximum absolute atomic E-state index is 8.75. The van der Waals surface area contributed by atoms with Crippen molar-refractivity contribution in [3.8, 4) is 0 Å². The van der Waals surface area contributed by atoms with Gasteiger partial charge in [0, 0.05) is 6.61 Å². The molecule has 0 aromatic rings. The monoisotopic (exact) mass is 194 g/mol. The summed E-state index contributed by atoms with van der Waals surface area (Å²) in [5, 5.41) is 0. The predicted molar refractivity (Wildman–Crippen MR) is 52.9 cm³/mol. The van der Waals surface area contributed by atoms with Crippen LogP contribution in [-0.2, 0) is 9.47 Å². The summed E-state index contributed by atoms with van der Waals surface area (Å²) in [6, 6.07) is 0. The van der Waals surface area contributed by atoms with Crippen LogP contribution in [0.15, 0.2) is 24.0 Å². The molecule has 0 heterocycles. The van der Waals surface area contributed by atoms with Crippen molar-refractivity contribution in [1.82, 2.24) is 0 Å². The maximum atomic E-state index is 8.75. The molecule has 0 amide bonds. The second-order valence-electron chi connectivity index (χ2n) is 2.74. The van der Waals surface area contributed by atoms with Crippen molar-refractivity contribution < 1.29 is 14.3 Å². The molecule has 0 N–H and O–H groups in total. The summed E-state index contributed by atoms with van der Waals surface area (Å²) < 4.78 is 10.6. The van der Waals surface area contributed by atoms with E-state index in [0.29, 0.717) is 24.7 Å². The molecule has 0 aromatic carbocycles. The Labute approximate surface area is 83.4 Å². The van der Waals surface area contributed by atoms with Crippen LogP contribution in [-0.4, -0.2) is 29.8 Å². The lowest BCUT2D eigenvalue weighted by molar-refractivity contribution is -0.0221. The van der Waals surface area contributed by atoms with Gasteiger partial charge >= 0.3 is 5.71 Å². The molecule has 0 spiro atoms. The molecule has 1 atom stereocenters. The Morgan fingerprint density at radius 1 is 1.43 bits per heavy atom. The number of hydrogen-bond acceptors (Lipinski definition) is 2. The third-order valence-electron chi connectivity index (χ3n) is 1.79. The minimum absolute atomic E-state index is 0.269. The Hall–Kier alpha value is -1.38. The summed E-state index contributed by atoms with van der Waals surface area (Å²) in [5.41, 5.74) is 9.22. The van der Waals surface area contributed by atoms with E-state index in [-0.39, 0.29) is 6.10 Å².